The second kappa shape index (κ2) is 2.36. The summed E-state index contributed by atoms with van der Waals surface area (Å²) in [5.74, 6) is 0.389. The third-order valence-electron chi connectivity index (χ3n) is 1.89. The van der Waals surface area contributed by atoms with Crippen molar-refractivity contribution in [3.63, 3.8) is 0 Å². The second-order valence-corrected chi connectivity index (χ2v) is 2.78. The highest BCUT2D eigenvalue weighted by Crippen LogP contribution is 2.26. The molecule has 0 spiro atoms. The molecule has 0 saturated carbocycles. The number of nitrogens with one attached hydrogen (secondary N) is 2. The molecule has 1 aromatic rings. The first-order valence-corrected chi connectivity index (χ1v) is 3.67. The van der Waals surface area contributed by atoms with Gasteiger partial charge in [-0.3, -0.25) is 9.78 Å². The lowest BCUT2D eigenvalue weighted by atomic mass is 10.5. The van der Waals surface area contributed by atoms with E-state index in [1.807, 2.05) is 0 Å². The summed E-state index contributed by atoms with van der Waals surface area (Å²) in [6, 6.07) is 0. The molecule has 7 heteroatoms. The minimum absolute atomic E-state index is 0.0338. The molecule has 0 saturated heterocycles. The number of H-pyrrole nitrogens is 1. The van der Waals surface area contributed by atoms with E-state index in [2.05, 4.69) is 15.3 Å². The molecule has 2 rings (SSSR count). The van der Waals surface area contributed by atoms with E-state index in [4.69, 9.17) is 5.73 Å². The monoisotopic (exact) mass is 183 g/mol. The van der Waals surface area contributed by atoms with E-state index in [0.29, 0.717) is 5.82 Å². The Labute approximate surface area is 73.2 Å². The largest absolute Gasteiger partial charge is 0.369 e. The summed E-state index contributed by atoms with van der Waals surface area (Å²) in [7, 11) is 1.61. The molecule has 70 valence electrons. The molecular formula is C6H9N5O2. The molecule has 2 heterocycles. The van der Waals surface area contributed by atoms with Crippen molar-refractivity contribution < 1.29 is 5.11 Å². The number of hydrogen-bond donors (Lipinski definition) is 4. The fraction of sp³-hybridized carbons (Fsp3) is 0.333. The number of aromatic nitrogens is 2. The second-order valence-electron chi connectivity index (χ2n) is 2.78. The third-order valence-corrected chi connectivity index (χ3v) is 1.89. The van der Waals surface area contributed by atoms with Crippen molar-refractivity contribution >= 4 is 17.5 Å². The lowest BCUT2D eigenvalue weighted by Gasteiger charge is -2.14. The standard InChI is InChI=1S/C6H9N5O2/c1-11-3-2(8-6(11)13)4(12)10-5(7)9-3/h6,8,13H,1H3,(H3,7,9,10,12). The fourth-order valence-electron chi connectivity index (χ4n) is 1.21. The summed E-state index contributed by atoms with van der Waals surface area (Å²) in [6.45, 7) is 0. The zero-order chi connectivity index (χ0) is 9.59. The van der Waals surface area contributed by atoms with Crippen molar-refractivity contribution in [2.24, 2.45) is 0 Å². The summed E-state index contributed by atoms with van der Waals surface area (Å²) < 4.78 is 0. The molecule has 0 aliphatic carbocycles. The van der Waals surface area contributed by atoms with Crippen molar-refractivity contribution in [1.82, 2.24) is 9.97 Å². The van der Waals surface area contributed by atoms with Crippen LogP contribution in [0.3, 0.4) is 0 Å². The number of hydrogen-bond acceptors (Lipinski definition) is 6. The van der Waals surface area contributed by atoms with Crippen LogP contribution in [0.1, 0.15) is 0 Å². The minimum Gasteiger partial charge on any atom is -0.369 e. The number of anilines is 3. The van der Waals surface area contributed by atoms with E-state index in [1.54, 1.807) is 7.05 Å². The van der Waals surface area contributed by atoms with Gasteiger partial charge in [0, 0.05) is 7.05 Å². The van der Waals surface area contributed by atoms with Crippen LogP contribution in [-0.2, 0) is 0 Å². The summed E-state index contributed by atoms with van der Waals surface area (Å²) in [5, 5.41) is 11.9. The molecule has 1 aliphatic heterocycles. The highest BCUT2D eigenvalue weighted by atomic mass is 16.3. The van der Waals surface area contributed by atoms with Crippen molar-refractivity contribution in [2.75, 3.05) is 23.0 Å². The molecular weight excluding hydrogens is 174 g/mol. The average Bonchev–Trinajstić information content (AvgIpc) is 2.32. The van der Waals surface area contributed by atoms with Crippen LogP contribution in [-0.4, -0.2) is 28.5 Å². The van der Waals surface area contributed by atoms with Gasteiger partial charge in [0.05, 0.1) is 0 Å². The molecule has 1 atom stereocenters. The molecule has 0 aromatic carbocycles. The van der Waals surface area contributed by atoms with Gasteiger partial charge >= 0.3 is 0 Å². The predicted molar refractivity (Wildman–Crippen MR) is 47.3 cm³/mol. The van der Waals surface area contributed by atoms with E-state index in [9.17, 15) is 9.90 Å². The molecule has 13 heavy (non-hydrogen) atoms. The number of aliphatic hydroxyl groups excluding tert-OH is 1. The number of nitrogens with zero attached hydrogens (tertiary/aromatic N) is 2. The summed E-state index contributed by atoms with van der Waals surface area (Å²) in [6.07, 6.45) is -0.926. The van der Waals surface area contributed by atoms with Gasteiger partial charge in [-0.2, -0.15) is 4.98 Å². The number of fused-ring (bicyclic) bond motifs is 1. The first kappa shape index (κ1) is 7.87. The van der Waals surface area contributed by atoms with Crippen LogP contribution in [0, 0.1) is 0 Å². The van der Waals surface area contributed by atoms with Gasteiger partial charge in [0.2, 0.25) is 12.3 Å². The Bertz CT molecular complexity index is 401. The summed E-state index contributed by atoms with van der Waals surface area (Å²) in [4.78, 5) is 18.9. The van der Waals surface area contributed by atoms with Gasteiger partial charge in [-0.25, -0.2) is 0 Å². The Hall–Kier alpha value is -1.76. The Kier molecular flexibility index (Phi) is 1.43. The van der Waals surface area contributed by atoms with Crippen LogP contribution in [0.15, 0.2) is 4.79 Å². The van der Waals surface area contributed by atoms with E-state index in [1.165, 1.54) is 4.90 Å². The Balaban J connectivity index is 2.64. The molecule has 1 aliphatic rings. The average molecular weight is 183 g/mol. The minimum atomic E-state index is -0.926. The van der Waals surface area contributed by atoms with E-state index in [0.717, 1.165) is 0 Å². The van der Waals surface area contributed by atoms with Gasteiger partial charge in [-0.15, -0.1) is 0 Å². The normalized spacial score (nSPS) is 19.8. The first-order valence-electron chi connectivity index (χ1n) is 3.67. The van der Waals surface area contributed by atoms with E-state index in [-0.39, 0.29) is 17.2 Å². The first-order chi connectivity index (χ1) is 6.09. The highest BCUT2D eigenvalue weighted by Gasteiger charge is 2.27. The zero-order valence-corrected chi connectivity index (χ0v) is 6.90. The topological polar surface area (TPSA) is 107 Å². The maximum absolute atomic E-state index is 11.2. The highest BCUT2D eigenvalue weighted by molar-refractivity contribution is 5.70. The van der Waals surface area contributed by atoms with Gasteiger partial charge in [-0.1, -0.05) is 0 Å². The van der Waals surface area contributed by atoms with Crippen molar-refractivity contribution in [3.8, 4) is 0 Å². The summed E-state index contributed by atoms with van der Waals surface area (Å²) in [5.41, 5.74) is 5.19. The van der Waals surface area contributed by atoms with Gasteiger partial charge < -0.3 is 21.1 Å². The van der Waals surface area contributed by atoms with Crippen molar-refractivity contribution in [3.05, 3.63) is 10.4 Å². The van der Waals surface area contributed by atoms with Crippen LogP contribution in [0.5, 0.6) is 0 Å². The van der Waals surface area contributed by atoms with Crippen LogP contribution < -0.4 is 21.5 Å². The van der Waals surface area contributed by atoms with E-state index >= 15 is 0 Å². The Morgan fingerprint density at radius 1 is 1.69 bits per heavy atom. The number of aromatic amines is 1. The molecule has 0 fully saturated rings. The molecule has 7 nitrogen and oxygen atoms in total. The van der Waals surface area contributed by atoms with Crippen LogP contribution in [0.25, 0.3) is 0 Å². The molecule has 0 amide bonds. The zero-order valence-electron chi connectivity index (χ0n) is 6.90. The van der Waals surface area contributed by atoms with Crippen LogP contribution in [0.4, 0.5) is 17.5 Å². The third kappa shape index (κ3) is 1.01. The smallest absolute Gasteiger partial charge is 0.278 e. The number of aliphatic hydroxyl groups is 1. The lowest BCUT2D eigenvalue weighted by molar-refractivity contribution is 0.210. The molecule has 0 bridgehead atoms. The lowest BCUT2D eigenvalue weighted by Crippen LogP contribution is -2.31. The summed E-state index contributed by atoms with van der Waals surface area (Å²) >= 11 is 0. The molecule has 1 unspecified atom stereocenters. The molecule has 1 aromatic heterocycles. The fourth-order valence-corrected chi connectivity index (χ4v) is 1.21. The Morgan fingerprint density at radius 2 is 2.38 bits per heavy atom. The number of rotatable bonds is 0. The van der Waals surface area contributed by atoms with Crippen LogP contribution in [0.2, 0.25) is 0 Å². The van der Waals surface area contributed by atoms with Crippen molar-refractivity contribution in [1.29, 1.82) is 0 Å². The van der Waals surface area contributed by atoms with E-state index < -0.39 is 6.35 Å². The van der Waals surface area contributed by atoms with Gasteiger partial charge in [0.15, 0.2) is 5.82 Å². The van der Waals surface area contributed by atoms with Gasteiger partial charge in [0.1, 0.15) is 5.69 Å². The maximum atomic E-state index is 11.2. The molecule has 5 N–H and O–H groups in total. The van der Waals surface area contributed by atoms with Gasteiger partial charge in [0.25, 0.3) is 5.56 Å². The predicted octanol–water partition coefficient (Wildman–Crippen LogP) is -1.51. The SMILES string of the molecule is CN1c2nc(N)[nH]c(=O)c2NC1O. The van der Waals surface area contributed by atoms with Crippen molar-refractivity contribution in [2.45, 2.75) is 6.35 Å². The van der Waals surface area contributed by atoms with Crippen LogP contribution >= 0.6 is 0 Å². The molecule has 0 radical (unpaired) electrons. The Morgan fingerprint density at radius 3 is 3.08 bits per heavy atom. The number of nitrogen functional groups attached to an aromatic ring is 1. The maximum Gasteiger partial charge on any atom is 0.278 e. The van der Waals surface area contributed by atoms with Gasteiger partial charge in [-0.05, 0) is 0 Å². The number of nitrogens with two attached hydrogens (primary N) is 1. The quantitative estimate of drug-likeness (QED) is 0.389.